The Hall–Kier alpha value is -1.07. The van der Waals surface area contributed by atoms with Gasteiger partial charge in [-0.3, -0.25) is 0 Å². The summed E-state index contributed by atoms with van der Waals surface area (Å²) in [5, 5.41) is 9.01. The Kier molecular flexibility index (Phi) is 2.93. The highest BCUT2D eigenvalue weighted by molar-refractivity contribution is 9.10. The molecule has 1 aromatic carbocycles. The van der Waals surface area contributed by atoms with E-state index in [-0.39, 0.29) is 11.7 Å². The van der Waals surface area contributed by atoms with Gasteiger partial charge in [-0.1, -0.05) is 6.07 Å². The lowest BCUT2D eigenvalue weighted by atomic mass is 10.2. The summed E-state index contributed by atoms with van der Waals surface area (Å²) in [6.07, 6.45) is -0.0302. The fourth-order valence-corrected chi connectivity index (χ4v) is 1.79. The van der Waals surface area contributed by atoms with Gasteiger partial charge in [-0.15, -0.1) is 0 Å². The molecule has 1 N–H and O–H groups in total. The molecule has 0 radical (unpaired) electrons. The minimum absolute atomic E-state index is 0.0302. The minimum Gasteiger partial charge on any atom is -0.485 e. The molecule has 0 atom stereocenters. The molecule has 1 saturated heterocycles. The number of aromatic carboxylic acids is 1. The third kappa shape index (κ3) is 2.13. The van der Waals surface area contributed by atoms with E-state index in [1.807, 2.05) is 0 Å². The van der Waals surface area contributed by atoms with Crippen LogP contribution in [0.3, 0.4) is 0 Å². The highest BCUT2D eigenvalue weighted by atomic mass is 79.9. The molecular weight excluding hydrogens is 264 g/mol. The topological polar surface area (TPSA) is 55.8 Å². The quantitative estimate of drug-likeness (QED) is 0.914. The zero-order valence-corrected chi connectivity index (χ0v) is 9.36. The lowest BCUT2D eigenvalue weighted by Crippen LogP contribution is -2.38. The first kappa shape index (κ1) is 10.4. The first-order valence-corrected chi connectivity index (χ1v) is 5.24. The molecule has 1 fully saturated rings. The second kappa shape index (κ2) is 4.20. The standard InChI is InChI=1S/C10H9BrO4/c11-7-2-1-3-8(9(7)10(12)13)15-6-4-14-5-6/h1-3,6H,4-5H2,(H,12,13). The molecule has 0 saturated carbocycles. The van der Waals surface area contributed by atoms with E-state index in [4.69, 9.17) is 14.6 Å². The second-order valence-electron chi connectivity index (χ2n) is 3.20. The van der Waals surface area contributed by atoms with Gasteiger partial charge >= 0.3 is 5.97 Å². The van der Waals surface area contributed by atoms with Gasteiger partial charge in [0.2, 0.25) is 0 Å². The maximum atomic E-state index is 11.0. The largest absolute Gasteiger partial charge is 0.485 e. The average Bonchev–Trinajstić information content (AvgIpc) is 2.10. The minimum atomic E-state index is -1.00. The number of halogens is 1. The first-order valence-electron chi connectivity index (χ1n) is 4.44. The molecule has 15 heavy (non-hydrogen) atoms. The number of ether oxygens (including phenoxy) is 2. The number of carbonyl (C=O) groups is 1. The molecule has 1 aliphatic heterocycles. The molecule has 0 spiro atoms. The van der Waals surface area contributed by atoms with Crippen molar-refractivity contribution in [3.05, 3.63) is 28.2 Å². The van der Waals surface area contributed by atoms with Crippen LogP contribution in [-0.2, 0) is 4.74 Å². The third-order valence-electron chi connectivity index (χ3n) is 2.09. The van der Waals surface area contributed by atoms with Crippen molar-refractivity contribution < 1.29 is 19.4 Å². The van der Waals surface area contributed by atoms with Gasteiger partial charge in [0.25, 0.3) is 0 Å². The van der Waals surface area contributed by atoms with Crippen LogP contribution < -0.4 is 4.74 Å². The zero-order valence-electron chi connectivity index (χ0n) is 7.77. The number of rotatable bonds is 3. The van der Waals surface area contributed by atoms with Gasteiger partial charge in [-0.25, -0.2) is 4.79 Å². The van der Waals surface area contributed by atoms with Gasteiger partial charge in [0.1, 0.15) is 17.4 Å². The summed E-state index contributed by atoms with van der Waals surface area (Å²) in [5.74, 6) is -0.622. The van der Waals surface area contributed by atoms with Gasteiger partial charge in [-0.2, -0.15) is 0 Å². The van der Waals surface area contributed by atoms with Crippen molar-refractivity contribution in [3.63, 3.8) is 0 Å². The van der Waals surface area contributed by atoms with E-state index in [9.17, 15) is 4.79 Å². The van der Waals surface area contributed by atoms with E-state index in [0.717, 1.165) is 0 Å². The summed E-state index contributed by atoms with van der Waals surface area (Å²) >= 11 is 3.19. The van der Waals surface area contributed by atoms with Crippen LogP contribution in [0.5, 0.6) is 5.75 Å². The van der Waals surface area contributed by atoms with E-state index in [0.29, 0.717) is 23.4 Å². The Morgan fingerprint density at radius 3 is 2.80 bits per heavy atom. The van der Waals surface area contributed by atoms with Crippen LogP contribution in [0, 0.1) is 0 Å². The van der Waals surface area contributed by atoms with E-state index >= 15 is 0 Å². The zero-order chi connectivity index (χ0) is 10.8. The molecular formula is C10H9BrO4. The van der Waals surface area contributed by atoms with Gasteiger partial charge in [-0.05, 0) is 28.1 Å². The van der Waals surface area contributed by atoms with Gasteiger partial charge < -0.3 is 14.6 Å². The van der Waals surface area contributed by atoms with E-state index in [2.05, 4.69) is 15.9 Å². The van der Waals surface area contributed by atoms with Crippen molar-refractivity contribution in [1.29, 1.82) is 0 Å². The predicted octanol–water partition coefficient (Wildman–Crippen LogP) is 1.92. The van der Waals surface area contributed by atoms with E-state index in [1.54, 1.807) is 18.2 Å². The second-order valence-corrected chi connectivity index (χ2v) is 4.05. The van der Waals surface area contributed by atoms with Crippen LogP contribution in [0.1, 0.15) is 10.4 Å². The highest BCUT2D eigenvalue weighted by Crippen LogP contribution is 2.28. The van der Waals surface area contributed by atoms with Gasteiger partial charge in [0, 0.05) is 4.47 Å². The Balaban J connectivity index is 2.27. The SMILES string of the molecule is O=C(O)c1c(Br)cccc1OC1COC1. The first-order chi connectivity index (χ1) is 7.18. The Morgan fingerprint density at radius 1 is 1.53 bits per heavy atom. The Bertz CT molecular complexity index is 387. The summed E-state index contributed by atoms with van der Waals surface area (Å²) in [6.45, 7) is 1.04. The maximum Gasteiger partial charge on any atom is 0.340 e. The number of hydrogen-bond acceptors (Lipinski definition) is 3. The Morgan fingerprint density at radius 2 is 2.27 bits per heavy atom. The molecule has 1 aromatic rings. The van der Waals surface area contributed by atoms with Crippen LogP contribution >= 0.6 is 15.9 Å². The van der Waals surface area contributed by atoms with Crippen molar-refractivity contribution in [1.82, 2.24) is 0 Å². The Labute approximate surface area is 94.9 Å². The van der Waals surface area contributed by atoms with E-state index < -0.39 is 5.97 Å². The van der Waals surface area contributed by atoms with Crippen LogP contribution in [0.25, 0.3) is 0 Å². The molecule has 1 heterocycles. The lowest BCUT2D eigenvalue weighted by Gasteiger charge is -2.27. The number of hydrogen-bond donors (Lipinski definition) is 1. The third-order valence-corrected chi connectivity index (χ3v) is 2.75. The van der Waals surface area contributed by atoms with Crippen molar-refractivity contribution in [2.45, 2.75) is 6.10 Å². The van der Waals surface area contributed by atoms with Gasteiger partial charge in [0.15, 0.2) is 0 Å². The summed E-state index contributed by atoms with van der Waals surface area (Å²) in [6, 6.07) is 5.06. The van der Waals surface area contributed by atoms with Crippen molar-refractivity contribution in [2.75, 3.05) is 13.2 Å². The normalized spacial score (nSPS) is 15.8. The fraction of sp³-hybridized carbons (Fsp3) is 0.300. The maximum absolute atomic E-state index is 11.0. The molecule has 4 nitrogen and oxygen atoms in total. The summed E-state index contributed by atoms with van der Waals surface area (Å²) in [5.41, 5.74) is 0.157. The molecule has 0 unspecified atom stereocenters. The molecule has 2 rings (SSSR count). The highest BCUT2D eigenvalue weighted by Gasteiger charge is 2.23. The molecule has 0 aliphatic carbocycles. The average molecular weight is 273 g/mol. The molecule has 80 valence electrons. The molecule has 1 aliphatic rings. The van der Waals surface area contributed by atoms with Crippen molar-refractivity contribution in [3.8, 4) is 5.75 Å². The van der Waals surface area contributed by atoms with Crippen molar-refractivity contribution in [2.24, 2.45) is 0 Å². The summed E-state index contributed by atoms with van der Waals surface area (Å²) < 4.78 is 11.0. The van der Waals surface area contributed by atoms with Crippen LogP contribution in [0.2, 0.25) is 0 Å². The monoisotopic (exact) mass is 272 g/mol. The van der Waals surface area contributed by atoms with Crippen molar-refractivity contribution >= 4 is 21.9 Å². The number of benzene rings is 1. The van der Waals surface area contributed by atoms with Crippen LogP contribution in [0.15, 0.2) is 22.7 Å². The van der Waals surface area contributed by atoms with E-state index in [1.165, 1.54) is 0 Å². The van der Waals surface area contributed by atoms with Gasteiger partial charge in [0.05, 0.1) is 13.2 Å². The number of carboxylic acid groups (broad SMARTS) is 1. The fourth-order valence-electron chi connectivity index (χ4n) is 1.27. The molecule has 0 amide bonds. The molecule has 0 aromatic heterocycles. The summed E-state index contributed by atoms with van der Waals surface area (Å²) in [7, 11) is 0. The smallest absolute Gasteiger partial charge is 0.340 e. The van der Waals surface area contributed by atoms with Crippen LogP contribution in [-0.4, -0.2) is 30.4 Å². The van der Waals surface area contributed by atoms with Crippen LogP contribution in [0.4, 0.5) is 0 Å². The predicted molar refractivity (Wildman–Crippen MR) is 56.3 cm³/mol. The number of carboxylic acids is 1. The molecule has 0 bridgehead atoms. The summed E-state index contributed by atoms with van der Waals surface area (Å²) in [4.78, 5) is 11.0. The lowest BCUT2D eigenvalue weighted by molar-refractivity contribution is -0.0799. The molecule has 5 heteroatoms.